The van der Waals surface area contributed by atoms with Crippen LogP contribution < -0.4 is 0 Å². The SMILES string of the molecule is CCC1CCC(=O)C(CN2CCC(C(C)O)CC2)C1. The first kappa shape index (κ1) is 15.0. The fourth-order valence-electron chi connectivity index (χ4n) is 3.68. The highest BCUT2D eigenvalue weighted by molar-refractivity contribution is 5.81. The molecule has 3 nitrogen and oxygen atoms in total. The molecule has 0 aromatic carbocycles. The molecular formula is C16H29NO2. The van der Waals surface area contributed by atoms with E-state index in [1.165, 1.54) is 6.42 Å². The molecule has 1 aliphatic heterocycles. The van der Waals surface area contributed by atoms with Gasteiger partial charge in [0.15, 0.2) is 0 Å². The monoisotopic (exact) mass is 267 g/mol. The fourth-order valence-corrected chi connectivity index (χ4v) is 3.68. The Labute approximate surface area is 117 Å². The van der Waals surface area contributed by atoms with Gasteiger partial charge < -0.3 is 10.0 Å². The lowest BCUT2D eigenvalue weighted by molar-refractivity contribution is -0.126. The van der Waals surface area contributed by atoms with Crippen molar-refractivity contribution < 1.29 is 9.90 Å². The second-order valence-electron chi connectivity index (χ2n) is 6.59. The first-order valence-electron chi connectivity index (χ1n) is 8.03. The third kappa shape index (κ3) is 4.03. The van der Waals surface area contributed by atoms with Gasteiger partial charge in [0.25, 0.3) is 0 Å². The summed E-state index contributed by atoms with van der Waals surface area (Å²) >= 11 is 0. The van der Waals surface area contributed by atoms with Crippen LogP contribution in [-0.2, 0) is 4.79 Å². The van der Waals surface area contributed by atoms with E-state index in [1.807, 2.05) is 6.92 Å². The summed E-state index contributed by atoms with van der Waals surface area (Å²) in [5.41, 5.74) is 0. The Morgan fingerprint density at radius 1 is 1.32 bits per heavy atom. The molecule has 2 aliphatic rings. The number of aliphatic hydroxyl groups is 1. The van der Waals surface area contributed by atoms with Crippen LogP contribution >= 0.6 is 0 Å². The van der Waals surface area contributed by atoms with E-state index in [0.717, 1.165) is 57.7 Å². The van der Waals surface area contributed by atoms with Gasteiger partial charge in [-0.15, -0.1) is 0 Å². The van der Waals surface area contributed by atoms with Crippen LogP contribution in [0.3, 0.4) is 0 Å². The number of rotatable bonds is 4. The van der Waals surface area contributed by atoms with Crippen molar-refractivity contribution in [3.05, 3.63) is 0 Å². The first-order valence-corrected chi connectivity index (χ1v) is 8.03. The van der Waals surface area contributed by atoms with Gasteiger partial charge in [-0.1, -0.05) is 13.3 Å². The van der Waals surface area contributed by atoms with Crippen LogP contribution in [0.4, 0.5) is 0 Å². The Morgan fingerprint density at radius 3 is 2.58 bits per heavy atom. The molecule has 3 unspecified atom stereocenters. The number of likely N-dealkylation sites (tertiary alicyclic amines) is 1. The van der Waals surface area contributed by atoms with Gasteiger partial charge in [0.05, 0.1) is 6.10 Å². The number of nitrogens with zero attached hydrogens (tertiary/aromatic N) is 1. The average molecular weight is 267 g/mol. The lowest BCUT2D eigenvalue weighted by Gasteiger charge is -2.37. The molecule has 0 radical (unpaired) electrons. The highest BCUT2D eigenvalue weighted by atomic mass is 16.3. The van der Waals surface area contributed by atoms with Gasteiger partial charge in [-0.25, -0.2) is 0 Å². The predicted octanol–water partition coefficient (Wildman–Crippen LogP) is 2.47. The highest BCUT2D eigenvalue weighted by Crippen LogP contribution is 2.30. The van der Waals surface area contributed by atoms with Gasteiger partial charge in [-0.05, 0) is 57.5 Å². The number of carbonyl (C=O) groups excluding carboxylic acids is 1. The lowest BCUT2D eigenvalue weighted by atomic mass is 9.79. The van der Waals surface area contributed by atoms with Crippen molar-refractivity contribution in [3.8, 4) is 0 Å². The quantitative estimate of drug-likeness (QED) is 0.850. The Kier molecular flexibility index (Phi) is 5.40. The third-order valence-electron chi connectivity index (χ3n) is 5.24. The highest BCUT2D eigenvalue weighted by Gasteiger charge is 2.31. The van der Waals surface area contributed by atoms with Crippen LogP contribution in [-0.4, -0.2) is 41.5 Å². The standard InChI is InChI=1S/C16H29NO2/c1-3-13-4-5-16(19)15(10-13)11-17-8-6-14(7-9-17)12(2)18/h12-15,18H,3-11H2,1-2H3. The minimum atomic E-state index is -0.178. The molecule has 2 rings (SSSR count). The van der Waals surface area contributed by atoms with E-state index < -0.39 is 0 Å². The molecule has 1 N–H and O–H groups in total. The number of Topliss-reactive ketones (excluding diaryl/α,β-unsaturated/α-hetero) is 1. The average Bonchev–Trinajstić information content (AvgIpc) is 2.42. The van der Waals surface area contributed by atoms with E-state index in [2.05, 4.69) is 11.8 Å². The van der Waals surface area contributed by atoms with Gasteiger partial charge in [-0.3, -0.25) is 4.79 Å². The molecule has 0 aromatic heterocycles. The van der Waals surface area contributed by atoms with Crippen molar-refractivity contribution >= 4 is 5.78 Å². The lowest BCUT2D eigenvalue weighted by Crippen LogP contribution is -2.42. The predicted molar refractivity (Wildman–Crippen MR) is 77.0 cm³/mol. The Bertz CT molecular complexity index is 295. The summed E-state index contributed by atoms with van der Waals surface area (Å²) in [4.78, 5) is 14.5. The summed E-state index contributed by atoms with van der Waals surface area (Å²) in [6.45, 7) is 7.20. The molecule has 0 aromatic rings. The Hall–Kier alpha value is -0.410. The van der Waals surface area contributed by atoms with Crippen LogP contribution in [0.25, 0.3) is 0 Å². The molecule has 1 aliphatic carbocycles. The van der Waals surface area contributed by atoms with Crippen LogP contribution in [0, 0.1) is 17.8 Å². The van der Waals surface area contributed by atoms with Crippen LogP contribution in [0.1, 0.15) is 52.4 Å². The third-order valence-corrected chi connectivity index (χ3v) is 5.24. The second kappa shape index (κ2) is 6.85. The van der Waals surface area contributed by atoms with E-state index in [4.69, 9.17) is 0 Å². The maximum Gasteiger partial charge on any atom is 0.137 e. The molecule has 3 atom stereocenters. The largest absolute Gasteiger partial charge is 0.393 e. The summed E-state index contributed by atoms with van der Waals surface area (Å²) in [5.74, 6) is 1.99. The van der Waals surface area contributed by atoms with Gasteiger partial charge >= 0.3 is 0 Å². The van der Waals surface area contributed by atoms with E-state index in [9.17, 15) is 9.90 Å². The molecule has 1 heterocycles. The first-order chi connectivity index (χ1) is 9.10. The number of ketones is 1. The molecule has 1 saturated heterocycles. The summed E-state index contributed by atoms with van der Waals surface area (Å²) < 4.78 is 0. The number of hydrogen-bond acceptors (Lipinski definition) is 3. The van der Waals surface area contributed by atoms with Crippen LogP contribution in [0.15, 0.2) is 0 Å². The zero-order chi connectivity index (χ0) is 13.8. The minimum absolute atomic E-state index is 0.178. The van der Waals surface area contributed by atoms with Gasteiger partial charge in [0, 0.05) is 18.9 Å². The summed E-state index contributed by atoms with van der Waals surface area (Å²) in [7, 11) is 0. The fraction of sp³-hybridized carbons (Fsp3) is 0.938. The van der Waals surface area contributed by atoms with Crippen molar-refractivity contribution in [3.63, 3.8) is 0 Å². The van der Waals surface area contributed by atoms with E-state index >= 15 is 0 Å². The molecule has 2 fully saturated rings. The van der Waals surface area contributed by atoms with Crippen molar-refractivity contribution in [2.24, 2.45) is 17.8 Å². The summed E-state index contributed by atoms with van der Waals surface area (Å²) in [6.07, 6.45) is 6.21. The van der Waals surface area contributed by atoms with E-state index in [1.54, 1.807) is 0 Å². The summed E-state index contributed by atoms with van der Waals surface area (Å²) in [5, 5.41) is 9.62. The molecule has 110 valence electrons. The number of carbonyl (C=O) groups is 1. The normalized spacial score (nSPS) is 32.5. The van der Waals surface area contributed by atoms with Gasteiger partial charge in [-0.2, -0.15) is 0 Å². The molecule has 0 spiro atoms. The van der Waals surface area contributed by atoms with Gasteiger partial charge in [0.2, 0.25) is 0 Å². The zero-order valence-corrected chi connectivity index (χ0v) is 12.5. The molecule has 19 heavy (non-hydrogen) atoms. The van der Waals surface area contributed by atoms with Crippen LogP contribution in [0.5, 0.6) is 0 Å². The maximum absolute atomic E-state index is 12.0. The number of piperidine rings is 1. The number of hydrogen-bond donors (Lipinski definition) is 1. The van der Waals surface area contributed by atoms with Crippen molar-refractivity contribution in [2.45, 2.75) is 58.5 Å². The zero-order valence-electron chi connectivity index (χ0n) is 12.5. The van der Waals surface area contributed by atoms with Crippen LogP contribution in [0.2, 0.25) is 0 Å². The topological polar surface area (TPSA) is 40.5 Å². The minimum Gasteiger partial charge on any atom is -0.393 e. The van der Waals surface area contributed by atoms with Gasteiger partial charge in [0.1, 0.15) is 5.78 Å². The van der Waals surface area contributed by atoms with E-state index in [-0.39, 0.29) is 12.0 Å². The molecular weight excluding hydrogens is 238 g/mol. The van der Waals surface area contributed by atoms with E-state index in [0.29, 0.717) is 11.7 Å². The maximum atomic E-state index is 12.0. The molecule has 3 heteroatoms. The Balaban J connectivity index is 1.79. The number of aliphatic hydroxyl groups excluding tert-OH is 1. The molecule has 1 saturated carbocycles. The second-order valence-corrected chi connectivity index (χ2v) is 6.59. The van der Waals surface area contributed by atoms with Crippen molar-refractivity contribution in [1.29, 1.82) is 0 Å². The smallest absolute Gasteiger partial charge is 0.137 e. The molecule has 0 bridgehead atoms. The molecule has 0 amide bonds. The van der Waals surface area contributed by atoms with Crippen molar-refractivity contribution in [1.82, 2.24) is 4.90 Å². The summed E-state index contributed by atoms with van der Waals surface area (Å²) in [6, 6.07) is 0. The van der Waals surface area contributed by atoms with Crippen molar-refractivity contribution in [2.75, 3.05) is 19.6 Å². The Morgan fingerprint density at radius 2 is 2.00 bits per heavy atom.